The van der Waals surface area contributed by atoms with Crippen LogP contribution in [0.1, 0.15) is 52.1 Å². The van der Waals surface area contributed by atoms with Crippen molar-refractivity contribution in [1.82, 2.24) is 5.32 Å². The summed E-state index contributed by atoms with van der Waals surface area (Å²) in [6.07, 6.45) is 1.96. The summed E-state index contributed by atoms with van der Waals surface area (Å²) in [5.41, 5.74) is 5.69. The third-order valence-electron chi connectivity index (χ3n) is 6.86. The van der Waals surface area contributed by atoms with Gasteiger partial charge in [-0.3, -0.25) is 4.79 Å². The summed E-state index contributed by atoms with van der Waals surface area (Å²) in [7, 11) is 1.69. The van der Waals surface area contributed by atoms with E-state index in [0.29, 0.717) is 0 Å². The minimum absolute atomic E-state index is 0.0204. The van der Waals surface area contributed by atoms with Gasteiger partial charge in [0.15, 0.2) is 0 Å². The van der Waals surface area contributed by atoms with Crippen LogP contribution in [-0.4, -0.2) is 13.0 Å². The molecule has 5 rings (SSSR count). The van der Waals surface area contributed by atoms with Crippen molar-refractivity contribution >= 4 is 5.91 Å². The number of carbonyl (C=O) groups excluding carboxylic acids is 1. The number of hydrogen-bond acceptors (Lipinski definition) is 2. The van der Waals surface area contributed by atoms with Gasteiger partial charge in [0.1, 0.15) is 5.75 Å². The fraction of sp³-hybridized carbons (Fsp3) is 0.194. The van der Waals surface area contributed by atoms with Crippen LogP contribution in [0.25, 0.3) is 0 Å². The highest BCUT2D eigenvalue weighted by Gasteiger charge is 2.34. The zero-order chi connectivity index (χ0) is 23.3. The van der Waals surface area contributed by atoms with Crippen LogP contribution < -0.4 is 10.1 Å². The Labute approximate surface area is 201 Å². The standard InChI is InChI=1S/C31H29NO2/c1-34-26-17-10-16-25(21-26)28-20-19-22-11-8-9-18-27(22)30(28)32-31(33)29(23-12-4-2-5-13-23)24-14-6-3-7-15-24/h2-18,21,28-30H,19-20H2,1H3,(H,32,33)/t28-,30+/m1/s1. The molecule has 0 fully saturated rings. The Hall–Kier alpha value is -3.85. The van der Waals surface area contributed by atoms with E-state index in [1.54, 1.807) is 7.11 Å². The smallest absolute Gasteiger partial charge is 0.232 e. The highest BCUT2D eigenvalue weighted by Crippen LogP contribution is 2.42. The van der Waals surface area contributed by atoms with Crippen LogP contribution in [0.15, 0.2) is 109 Å². The molecule has 0 aromatic heterocycles. The molecule has 0 unspecified atom stereocenters. The van der Waals surface area contributed by atoms with Gasteiger partial charge >= 0.3 is 0 Å². The van der Waals surface area contributed by atoms with Crippen LogP contribution in [0, 0.1) is 0 Å². The fourth-order valence-corrected chi connectivity index (χ4v) is 5.19. The van der Waals surface area contributed by atoms with Gasteiger partial charge in [-0.15, -0.1) is 0 Å². The van der Waals surface area contributed by atoms with E-state index in [1.165, 1.54) is 16.7 Å². The van der Waals surface area contributed by atoms with Crippen molar-refractivity contribution < 1.29 is 9.53 Å². The largest absolute Gasteiger partial charge is 0.497 e. The molecule has 4 aromatic rings. The molecular weight excluding hydrogens is 418 g/mol. The third kappa shape index (κ3) is 4.47. The van der Waals surface area contributed by atoms with Crippen LogP contribution in [0.5, 0.6) is 5.75 Å². The number of methoxy groups -OCH3 is 1. The lowest BCUT2D eigenvalue weighted by Crippen LogP contribution is -2.38. The van der Waals surface area contributed by atoms with Crippen molar-refractivity contribution in [3.8, 4) is 5.75 Å². The van der Waals surface area contributed by atoms with Gasteiger partial charge in [0.2, 0.25) is 5.91 Å². The molecule has 1 aliphatic carbocycles. The van der Waals surface area contributed by atoms with Gasteiger partial charge in [-0.25, -0.2) is 0 Å². The van der Waals surface area contributed by atoms with E-state index in [9.17, 15) is 4.79 Å². The molecule has 1 N–H and O–H groups in total. The number of rotatable bonds is 6. The molecule has 1 amide bonds. The van der Waals surface area contributed by atoms with E-state index in [0.717, 1.165) is 29.7 Å². The molecular formula is C31H29NO2. The average Bonchev–Trinajstić information content (AvgIpc) is 2.90. The second-order valence-corrected chi connectivity index (χ2v) is 8.86. The van der Waals surface area contributed by atoms with Gasteiger partial charge < -0.3 is 10.1 Å². The molecule has 34 heavy (non-hydrogen) atoms. The normalized spacial score (nSPS) is 17.1. The zero-order valence-electron chi connectivity index (χ0n) is 19.4. The first-order valence-electron chi connectivity index (χ1n) is 11.9. The number of nitrogens with one attached hydrogen (secondary N) is 1. The second-order valence-electron chi connectivity index (χ2n) is 8.86. The average molecular weight is 448 g/mol. The van der Waals surface area contributed by atoms with Crippen molar-refractivity contribution in [3.05, 3.63) is 137 Å². The summed E-state index contributed by atoms with van der Waals surface area (Å²) in [6.45, 7) is 0. The number of aryl methyl sites for hydroxylation is 1. The first-order chi connectivity index (χ1) is 16.7. The molecule has 4 aromatic carbocycles. The first kappa shape index (κ1) is 22.0. The Balaban J connectivity index is 1.54. The number of carbonyl (C=O) groups is 1. The number of ether oxygens (including phenoxy) is 1. The van der Waals surface area contributed by atoms with Crippen molar-refractivity contribution in [2.45, 2.75) is 30.7 Å². The Kier molecular flexibility index (Phi) is 6.44. The lowest BCUT2D eigenvalue weighted by Gasteiger charge is -2.36. The summed E-state index contributed by atoms with van der Waals surface area (Å²) in [5, 5.41) is 3.48. The number of amides is 1. The molecule has 170 valence electrons. The van der Waals surface area contributed by atoms with Gasteiger partial charge in [-0.1, -0.05) is 97.1 Å². The summed E-state index contributed by atoms with van der Waals surface area (Å²) >= 11 is 0. The van der Waals surface area contributed by atoms with Gasteiger partial charge in [0.25, 0.3) is 0 Å². The Morgan fingerprint density at radius 3 is 2.15 bits per heavy atom. The van der Waals surface area contributed by atoms with Crippen LogP contribution in [-0.2, 0) is 11.2 Å². The fourth-order valence-electron chi connectivity index (χ4n) is 5.19. The van der Waals surface area contributed by atoms with E-state index < -0.39 is 0 Å². The van der Waals surface area contributed by atoms with E-state index in [4.69, 9.17) is 4.74 Å². The monoisotopic (exact) mass is 447 g/mol. The second kappa shape index (κ2) is 9.96. The van der Waals surface area contributed by atoms with Gasteiger partial charge in [0, 0.05) is 5.92 Å². The zero-order valence-corrected chi connectivity index (χ0v) is 19.4. The molecule has 0 aliphatic heterocycles. The quantitative estimate of drug-likeness (QED) is 0.371. The van der Waals surface area contributed by atoms with Crippen molar-refractivity contribution in [2.75, 3.05) is 7.11 Å². The lowest BCUT2D eigenvalue weighted by atomic mass is 9.76. The minimum Gasteiger partial charge on any atom is -0.497 e. The molecule has 3 nitrogen and oxygen atoms in total. The predicted molar refractivity (Wildman–Crippen MR) is 136 cm³/mol. The van der Waals surface area contributed by atoms with Crippen LogP contribution in [0.3, 0.4) is 0 Å². The maximum absolute atomic E-state index is 14.0. The Morgan fingerprint density at radius 1 is 0.824 bits per heavy atom. The predicted octanol–water partition coefficient (Wildman–Crippen LogP) is 6.41. The summed E-state index contributed by atoms with van der Waals surface area (Å²) in [5.74, 6) is 0.656. The van der Waals surface area contributed by atoms with Crippen LogP contribution >= 0.6 is 0 Å². The Bertz CT molecular complexity index is 1210. The van der Waals surface area contributed by atoms with E-state index in [2.05, 4.69) is 41.7 Å². The lowest BCUT2D eigenvalue weighted by molar-refractivity contribution is -0.122. The van der Waals surface area contributed by atoms with Crippen LogP contribution in [0.4, 0.5) is 0 Å². The van der Waals surface area contributed by atoms with E-state index in [1.807, 2.05) is 72.8 Å². The molecule has 0 bridgehead atoms. The highest BCUT2D eigenvalue weighted by atomic mass is 16.5. The maximum Gasteiger partial charge on any atom is 0.232 e. The molecule has 3 heteroatoms. The number of benzene rings is 4. The minimum atomic E-state index is -0.373. The molecule has 0 heterocycles. The molecule has 0 spiro atoms. The van der Waals surface area contributed by atoms with Gasteiger partial charge in [0.05, 0.1) is 19.1 Å². The molecule has 0 saturated carbocycles. The highest BCUT2D eigenvalue weighted by molar-refractivity contribution is 5.87. The van der Waals surface area contributed by atoms with Crippen molar-refractivity contribution in [1.29, 1.82) is 0 Å². The summed E-state index contributed by atoms with van der Waals surface area (Å²) in [6, 6.07) is 36.7. The summed E-state index contributed by atoms with van der Waals surface area (Å²) in [4.78, 5) is 14.0. The molecule has 2 atom stereocenters. The first-order valence-corrected chi connectivity index (χ1v) is 11.9. The SMILES string of the molecule is COc1cccc([C@H]2CCc3ccccc3[C@@H]2NC(=O)C(c2ccccc2)c2ccccc2)c1. The maximum atomic E-state index is 14.0. The van der Waals surface area contributed by atoms with E-state index >= 15 is 0 Å². The Morgan fingerprint density at radius 2 is 1.47 bits per heavy atom. The van der Waals surface area contributed by atoms with Gasteiger partial charge in [-0.05, 0) is 52.8 Å². The van der Waals surface area contributed by atoms with Crippen LogP contribution in [0.2, 0.25) is 0 Å². The van der Waals surface area contributed by atoms with Crippen molar-refractivity contribution in [2.24, 2.45) is 0 Å². The summed E-state index contributed by atoms with van der Waals surface area (Å²) < 4.78 is 5.50. The third-order valence-corrected chi connectivity index (χ3v) is 6.86. The molecule has 1 aliphatic rings. The van der Waals surface area contributed by atoms with E-state index in [-0.39, 0.29) is 23.8 Å². The molecule has 0 saturated heterocycles. The molecule has 0 radical (unpaired) electrons. The van der Waals surface area contributed by atoms with Gasteiger partial charge in [-0.2, -0.15) is 0 Å². The number of hydrogen-bond donors (Lipinski definition) is 1. The topological polar surface area (TPSA) is 38.3 Å². The van der Waals surface area contributed by atoms with Crippen molar-refractivity contribution in [3.63, 3.8) is 0 Å². The number of fused-ring (bicyclic) bond motifs is 1.